The first-order chi connectivity index (χ1) is 15.4. The van der Waals surface area contributed by atoms with Crippen molar-refractivity contribution in [1.82, 2.24) is 10.6 Å². The van der Waals surface area contributed by atoms with Crippen molar-refractivity contribution in [1.29, 1.82) is 0 Å². The van der Waals surface area contributed by atoms with Crippen LogP contribution in [0.3, 0.4) is 0 Å². The highest BCUT2D eigenvalue weighted by molar-refractivity contribution is 7.10. The Labute approximate surface area is 193 Å². The number of carbonyl (C=O) groups is 3. The summed E-state index contributed by atoms with van der Waals surface area (Å²) in [5.74, 6) is -0.823. The fourth-order valence-corrected chi connectivity index (χ4v) is 4.18. The highest BCUT2D eigenvalue weighted by Crippen LogP contribution is 2.36. The second-order valence-corrected chi connectivity index (χ2v) is 7.82. The summed E-state index contributed by atoms with van der Waals surface area (Å²) in [6.45, 7) is 1.45. The van der Waals surface area contributed by atoms with Crippen molar-refractivity contribution in [2.75, 3.05) is 27.4 Å². The molecule has 0 radical (unpaired) electrons. The molecule has 2 N–H and O–H groups in total. The third-order valence-electron chi connectivity index (χ3n) is 4.49. The van der Waals surface area contributed by atoms with Gasteiger partial charge in [-0.25, -0.2) is 14.4 Å². The number of carbonyl (C=O) groups excluding carboxylic acids is 3. The van der Waals surface area contributed by atoms with E-state index in [-0.39, 0.29) is 46.6 Å². The average Bonchev–Trinajstić information content (AvgIpc) is 3.31. The monoisotopic (exact) mass is 480 g/mol. The van der Waals surface area contributed by atoms with Gasteiger partial charge >= 0.3 is 18.0 Å². The lowest BCUT2D eigenvalue weighted by Gasteiger charge is -2.28. The Morgan fingerprint density at radius 2 is 1.94 bits per heavy atom. The Hall–Kier alpha value is -3.24. The van der Waals surface area contributed by atoms with Crippen molar-refractivity contribution in [2.45, 2.75) is 13.0 Å². The molecule has 0 saturated heterocycles. The minimum Gasteiger partial charge on any atom is -0.493 e. The summed E-state index contributed by atoms with van der Waals surface area (Å²) >= 11 is 7.52. The van der Waals surface area contributed by atoms with Crippen LogP contribution in [0, 0.1) is 0 Å². The minimum atomic E-state index is -0.732. The van der Waals surface area contributed by atoms with Gasteiger partial charge in [0.05, 0.1) is 48.7 Å². The number of ether oxygens (including phenoxy) is 4. The van der Waals surface area contributed by atoms with Crippen LogP contribution in [0.4, 0.5) is 4.79 Å². The van der Waals surface area contributed by atoms with Crippen molar-refractivity contribution >= 4 is 40.9 Å². The second-order valence-electron chi connectivity index (χ2n) is 6.43. The lowest BCUT2D eigenvalue weighted by molar-refractivity contribution is -0.139. The molecule has 3 rings (SSSR count). The summed E-state index contributed by atoms with van der Waals surface area (Å²) in [5, 5.41) is 7.24. The van der Waals surface area contributed by atoms with Crippen molar-refractivity contribution in [3.63, 3.8) is 0 Å². The molecule has 9 nitrogen and oxygen atoms in total. The number of halogens is 1. The van der Waals surface area contributed by atoms with Gasteiger partial charge in [0, 0.05) is 4.88 Å². The maximum atomic E-state index is 12.7. The number of urea groups is 1. The summed E-state index contributed by atoms with van der Waals surface area (Å²) in [6.07, 6.45) is 0. The standard InChI is InChI=1S/C21H21ClN2O7S/c1-4-30-20(26)16-13(23-21(27)24-17(16)15-6-5-7-32-15)10-31-19(25)11-8-12(22)18(29-3)14(9-11)28-2/h5-9,17H,4,10H2,1-3H3,(H2,23,24,27). The Bertz CT molecular complexity index is 1050. The van der Waals surface area contributed by atoms with E-state index in [9.17, 15) is 14.4 Å². The van der Waals surface area contributed by atoms with Crippen LogP contribution < -0.4 is 20.1 Å². The van der Waals surface area contributed by atoms with E-state index in [4.69, 9.17) is 30.5 Å². The van der Waals surface area contributed by atoms with Crippen LogP contribution in [-0.2, 0) is 14.3 Å². The summed E-state index contributed by atoms with van der Waals surface area (Å²) in [7, 11) is 2.84. The van der Waals surface area contributed by atoms with Gasteiger partial charge in [-0.3, -0.25) is 0 Å². The van der Waals surface area contributed by atoms with E-state index < -0.39 is 24.0 Å². The van der Waals surface area contributed by atoms with Crippen LogP contribution in [0.25, 0.3) is 0 Å². The molecular weight excluding hydrogens is 460 g/mol. The van der Waals surface area contributed by atoms with Gasteiger partial charge in [-0.15, -0.1) is 11.3 Å². The van der Waals surface area contributed by atoms with E-state index in [1.807, 2.05) is 5.38 Å². The summed E-state index contributed by atoms with van der Waals surface area (Å²) in [4.78, 5) is 38.3. The number of amides is 2. The first-order valence-electron chi connectivity index (χ1n) is 9.49. The normalized spacial score (nSPS) is 15.5. The molecule has 2 aromatic rings. The number of thiophene rings is 1. The van der Waals surface area contributed by atoms with E-state index in [1.165, 1.54) is 37.7 Å². The first-order valence-corrected chi connectivity index (χ1v) is 10.7. The molecule has 0 saturated carbocycles. The molecule has 170 valence electrons. The molecular formula is C21H21ClN2O7S. The molecule has 1 aliphatic rings. The fraction of sp³-hybridized carbons (Fsp3) is 0.286. The molecule has 0 bridgehead atoms. The SMILES string of the molecule is CCOC(=O)C1=C(COC(=O)c2cc(Cl)c(OC)c(OC)c2)NC(=O)NC1c1cccs1. The second kappa shape index (κ2) is 10.4. The van der Waals surface area contributed by atoms with E-state index in [0.29, 0.717) is 0 Å². The number of esters is 2. The Balaban J connectivity index is 1.90. The molecule has 0 fully saturated rings. The highest BCUT2D eigenvalue weighted by atomic mass is 35.5. The number of hydrogen-bond acceptors (Lipinski definition) is 8. The van der Waals surface area contributed by atoms with Gasteiger partial charge in [-0.1, -0.05) is 17.7 Å². The fourth-order valence-electron chi connectivity index (χ4n) is 3.11. The maximum Gasteiger partial charge on any atom is 0.338 e. The Morgan fingerprint density at radius 3 is 2.56 bits per heavy atom. The highest BCUT2D eigenvalue weighted by Gasteiger charge is 2.34. The van der Waals surface area contributed by atoms with E-state index in [1.54, 1.807) is 19.1 Å². The molecule has 1 aromatic carbocycles. The van der Waals surface area contributed by atoms with Crippen LogP contribution in [0.1, 0.15) is 28.2 Å². The van der Waals surface area contributed by atoms with Gasteiger partial charge in [0.1, 0.15) is 6.61 Å². The lowest BCUT2D eigenvalue weighted by Crippen LogP contribution is -2.46. The number of hydrogen-bond donors (Lipinski definition) is 2. The predicted octanol–water partition coefficient (Wildman–Crippen LogP) is 3.45. The van der Waals surface area contributed by atoms with Gasteiger partial charge in [0.25, 0.3) is 0 Å². The predicted molar refractivity (Wildman–Crippen MR) is 117 cm³/mol. The number of benzene rings is 1. The smallest absolute Gasteiger partial charge is 0.338 e. The van der Waals surface area contributed by atoms with E-state index in [2.05, 4.69) is 10.6 Å². The third kappa shape index (κ3) is 4.97. The van der Waals surface area contributed by atoms with Crippen molar-refractivity contribution in [2.24, 2.45) is 0 Å². The average molecular weight is 481 g/mol. The van der Waals surface area contributed by atoms with Crippen molar-refractivity contribution in [3.05, 3.63) is 56.4 Å². The third-order valence-corrected chi connectivity index (χ3v) is 5.71. The lowest BCUT2D eigenvalue weighted by atomic mass is 10.0. The number of methoxy groups -OCH3 is 2. The van der Waals surface area contributed by atoms with Crippen molar-refractivity contribution in [3.8, 4) is 11.5 Å². The molecule has 2 amide bonds. The molecule has 0 spiro atoms. The molecule has 1 atom stereocenters. The van der Waals surface area contributed by atoms with Crippen LogP contribution in [0.2, 0.25) is 5.02 Å². The maximum absolute atomic E-state index is 12.7. The number of rotatable bonds is 8. The van der Waals surface area contributed by atoms with Crippen LogP contribution in [0.5, 0.6) is 11.5 Å². The van der Waals surface area contributed by atoms with Gasteiger partial charge in [0.2, 0.25) is 0 Å². The van der Waals surface area contributed by atoms with Crippen LogP contribution in [-0.4, -0.2) is 45.4 Å². The van der Waals surface area contributed by atoms with E-state index >= 15 is 0 Å². The van der Waals surface area contributed by atoms with Gasteiger partial charge < -0.3 is 29.6 Å². The zero-order valence-electron chi connectivity index (χ0n) is 17.5. The van der Waals surface area contributed by atoms with Gasteiger partial charge in [-0.2, -0.15) is 0 Å². The van der Waals surface area contributed by atoms with Crippen molar-refractivity contribution < 1.29 is 33.3 Å². The summed E-state index contributed by atoms with van der Waals surface area (Å²) in [6, 6.07) is 5.13. The summed E-state index contributed by atoms with van der Waals surface area (Å²) < 4.78 is 20.9. The van der Waals surface area contributed by atoms with Gasteiger partial charge in [0.15, 0.2) is 11.5 Å². The number of nitrogens with one attached hydrogen (secondary N) is 2. The Morgan fingerprint density at radius 1 is 1.16 bits per heavy atom. The first kappa shape index (κ1) is 23.4. The molecule has 0 aliphatic carbocycles. The molecule has 1 aromatic heterocycles. The van der Waals surface area contributed by atoms with Crippen LogP contribution in [0.15, 0.2) is 40.9 Å². The topological polar surface area (TPSA) is 112 Å². The molecule has 1 unspecified atom stereocenters. The Kier molecular flexibility index (Phi) is 7.60. The largest absolute Gasteiger partial charge is 0.493 e. The molecule has 32 heavy (non-hydrogen) atoms. The molecule has 11 heteroatoms. The quantitative estimate of drug-likeness (QED) is 0.556. The summed E-state index contributed by atoms with van der Waals surface area (Å²) in [5.41, 5.74) is 0.401. The van der Waals surface area contributed by atoms with Gasteiger partial charge in [-0.05, 0) is 30.5 Å². The van der Waals surface area contributed by atoms with E-state index in [0.717, 1.165) is 4.88 Å². The zero-order chi connectivity index (χ0) is 23.3. The molecule has 2 heterocycles. The zero-order valence-corrected chi connectivity index (χ0v) is 19.1. The molecule has 1 aliphatic heterocycles. The van der Waals surface area contributed by atoms with Crippen LogP contribution >= 0.6 is 22.9 Å². The minimum absolute atomic E-state index is 0.112.